The van der Waals surface area contributed by atoms with Crippen molar-refractivity contribution < 1.29 is 13.0 Å². The van der Waals surface area contributed by atoms with Crippen LogP contribution < -0.4 is 0 Å². The average Bonchev–Trinajstić information content (AvgIpc) is 3.02. The van der Waals surface area contributed by atoms with E-state index in [9.17, 15) is 8.42 Å². The molecular weight excluding hydrogens is 320 g/mol. The highest BCUT2D eigenvalue weighted by molar-refractivity contribution is 7.99. The zero-order valence-electron chi connectivity index (χ0n) is 11.3. The third kappa shape index (κ3) is 3.38. The molecule has 1 heterocycles. The fourth-order valence-corrected chi connectivity index (χ4v) is 3.21. The lowest BCUT2D eigenvalue weighted by atomic mass is 10.3. The summed E-state index contributed by atoms with van der Waals surface area (Å²) in [7, 11) is -4.14. The molecule has 0 saturated carbocycles. The Balaban J connectivity index is 1.76. The SMILES string of the molecule is O=S(=O)(O)c1ccc(Sc2ccc(-n3ccnc3)cc2)cc1. The molecule has 2 aromatic carbocycles. The lowest BCUT2D eigenvalue weighted by Crippen LogP contribution is -1.96. The summed E-state index contributed by atoms with van der Waals surface area (Å²) >= 11 is 1.51. The van der Waals surface area contributed by atoms with Crippen molar-refractivity contribution in [3.8, 4) is 5.69 Å². The molecule has 0 aliphatic heterocycles. The van der Waals surface area contributed by atoms with Crippen LogP contribution in [0.15, 0.2) is 81.9 Å². The molecule has 0 saturated heterocycles. The normalized spacial score (nSPS) is 11.5. The van der Waals surface area contributed by atoms with Crippen molar-refractivity contribution in [3.05, 3.63) is 67.3 Å². The standard InChI is InChI=1S/C15H12N2O3S2/c18-22(19,20)15-7-5-14(6-8-15)21-13-3-1-12(2-4-13)17-10-9-16-11-17/h1-11H,(H,18,19,20). The van der Waals surface area contributed by atoms with Gasteiger partial charge in [-0.15, -0.1) is 0 Å². The van der Waals surface area contributed by atoms with Crippen LogP contribution in [0.2, 0.25) is 0 Å². The van der Waals surface area contributed by atoms with Gasteiger partial charge in [0.25, 0.3) is 10.1 Å². The molecule has 22 heavy (non-hydrogen) atoms. The van der Waals surface area contributed by atoms with Gasteiger partial charge < -0.3 is 4.57 Å². The van der Waals surface area contributed by atoms with E-state index in [2.05, 4.69) is 4.98 Å². The second-order valence-electron chi connectivity index (χ2n) is 4.51. The molecule has 112 valence electrons. The smallest absolute Gasteiger partial charge is 0.294 e. The van der Waals surface area contributed by atoms with E-state index in [4.69, 9.17) is 4.55 Å². The molecule has 0 spiro atoms. The van der Waals surface area contributed by atoms with Crippen molar-refractivity contribution in [2.45, 2.75) is 14.7 Å². The predicted octanol–water partition coefficient (Wildman–Crippen LogP) is 3.27. The van der Waals surface area contributed by atoms with Crippen molar-refractivity contribution in [1.82, 2.24) is 9.55 Å². The summed E-state index contributed by atoms with van der Waals surface area (Å²) < 4.78 is 32.8. The van der Waals surface area contributed by atoms with Crippen molar-refractivity contribution >= 4 is 21.9 Å². The summed E-state index contributed by atoms with van der Waals surface area (Å²) in [6, 6.07) is 14.0. The first-order valence-corrected chi connectivity index (χ1v) is 8.62. The van der Waals surface area contributed by atoms with Crippen molar-refractivity contribution in [2.24, 2.45) is 0 Å². The Morgan fingerprint density at radius 3 is 2.05 bits per heavy atom. The van der Waals surface area contributed by atoms with Gasteiger partial charge in [-0.2, -0.15) is 8.42 Å². The minimum atomic E-state index is -4.14. The fourth-order valence-electron chi connectivity index (χ4n) is 1.91. The molecule has 0 radical (unpaired) electrons. The Kier molecular flexibility index (Phi) is 4.02. The van der Waals surface area contributed by atoms with Crippen LogP contribution in [0.1, 0.15) is 0 Å². The van der Waals surface area contributed by atoms with E-state index in [0.717, 1.165) is 15.5 Å². The van der Waals surface area contributed by atoms with E-state index in [1.165, 1.54) is 23.9 Å². The van der Waals surface area contributed by atoms with Crippen LogP contribution in [-0.2, 0) is 10.1 Å². The van der Waals surface area contributed by atoms with E-state index >= 15 is 0 Å². The number of benzene rings is 2. The summed E-state index contributed by atoms with van der Waals surface area (Å²) in [5.74, 6) is 0. The minimum Gasteiger partial charge on any atom is -0.306 e. The topological polar surface area (TPSA) is 72.2 Å². The summed E-state index contributed by atoms with van der Waals surface area (Å²) in [4.78, 5) is 5.82. The fraction of sp³-hybridized carbons (Fsp3) is 0. The van der Waals surface area contributed by atoms with E-state index < -0.39 is 10.1 Å². The quantitative estimate of drug-likeness (QED) is 0.742. The zero-order chi connectivity index (χ0) is 15.6. The molecule has 0 fully saturated rings. The molecule has 1 N–H and O–H groups in total. The van der Waals surface area contributed by atoms with E-state index in [-0.39, 0.29) is 4.90 Å². The van der Waals surface area contributed by atoms with Gasteiger partial charge in [-0.25, -0.2) is 4.98 Å². The van der Waals surface area contributed by atoms with Crippen LogP contribution in [0.25, 0.3) is 5.69 Å². The number of nitrogens with zero attached hydrogens (tertiary/aromatic N) is 2. The summed E-state index contributed by atoms with van der Waals surface area (Å²) in [5, 5.41) is 0. The first kappa shape index (κ1) is 14.8. The summed E-state index contributed by atoms with van der Waals surface area (Å²) in [6.45, 7) is 0. The zero-order valence-corrected chi connectivity index (χ0v) is 13.0. The van der Waals surface area contributed by atoms with Gasteiger partial charge in [0.2, 0.25) is 0 Å². The Labute approximate surface area is 132 Å². The molecule has 7 heteroatoms. The van der Waals surface area contributed by atoms with E-state index in [1.54, 1.807) is 24.7 Å². The third-order valence-corrected chi connectivity index (χ3v) is 4.88. The molecule has 0 amide bonds. The highest BCUT2D eigenvalue weighted by Gasteiger charge is 2.08. The second kappa shape index (κ2) is 5.96. The van der Waals surface area contributed by atoms with Gasteiger partial charge in [-0.05, 0) is 48.5 Å². The third-order valence-electron chi connectivity index (χ3n) is 3.00. The molecule has 0 atom stereocenters. The highest BCUT2D eigenvalue weighted by atomic mass is 32.2. The predicted molar refractivity (Wildman–Crippen MR) is 83.9 cm³/mol. The van der Waals surface area contributed by atoms with Gasteiger partial charge in [0.05, 0.1) is 11.2 Å². The molecule has 1 aromatic heterocycles. The van der Waals surface area contributed by atoms with Crippen LogP contribution in [-0.4, -0.2) is 22.5 Å². The van der Waals surface area contributed by atoms with Crippen LogP contribution in [0, 0.1) is 0 Å². The van der Waals surface area contributed by atoms with Gasteiger partial charge in [0.1, 0.15) is 0 Å². The van der Waals surface area contributed by atoms with Crippen LogP contribution >= 0.6 is 11.8 Å². The Bertz CT molecular complexity index is 856. The van der Waals surface area contributed by atoms with Crippen LogP contribution in [0.3, 0.4) is 0 Å². The van der Waals surface area contributed by atoms with Crippen molar-refractivity contribution in [3.63, 3.8) is 0 Å². The monoisotopic (exact) mass is 332 g/mol. The van der Waals surface area contributed by atoms with Crippen molar-refractivity contribution in [1.29, 1.82) is 0 Å². The van der Waals surface area contributed by atoms with Crippen LogP contribution in [0.5, 0.6) is 0 Å². The lowest BCUT2D eigenvalue weighted by molar-refractivity contribution is 0.483. The minimum absolute atomic E-state index is 0.104. The van der Waals surface area contributed by atoms with E-state index in [0.29, 0.717) is 0 Å². The lowest BCUT2D eigenvalue weighted by Gasteiger charge is -2.05. The molecule has 0 aliphatic carbocycles. The van der Waals surface area contributed by atoms with Crippen molar-refractivity contribution in [2.75, 3.05) is 0 Å². The van der Waals surface area contributed by atoms with Gasteiger partial charge >= 0.3 is 0 Å². The van der Waals surface area contributed by atoms with Gasteiger partial charge in [0, 0.05) is 27.9 Å². The van der Waals surface area contributed by atoms with Crippen LogP contribution in [0.4, 0.5) is 0 Å². The maximum Gasteiger partial charge on any atom is 0.294 e. The maximum atomic E-state index is 11.0. The first-order valence-electron chi connectivity index (χ1n) is 6.36. The first-order chi connectivity index (χ1) is 10.5. The second-order valence-corrected chi connectivity index (χ2v) is 7.08. The number of rotatable bonds is 4. The summed E-state index contributed by atoms with van der Waals surface area (Å²) in [6.07, 6.45) is 5.33. The number of hydrogen-bond acceptors (Lipinski definition) is 4. The maximum absolute atomic E-state index is 11.0. The number of imidazole rings is 1. The largest absolute Gasteiger partial charge is 0.306 e. The Hall–Kier alpha value is -2.09. The van der Waals surface area contributed by atoms with Gasteiger partial charge in [0.15, 0.2) is 0 Å². The molecule has 0 aliphatic rings. The Morgan fingerprint density at radius 2 is 1.55 bits per heavy atom. The molecule has 0 unspecified atom stereocenters. The Morgan fingerprint density at radius 1 is 0.955 bits per heavy atom. The molecule has 3 aromatic rings. The van der Waals surface area contributed by atoms with Gasteiger partial charge in [-0.3, -0.25) is 4.55 Å². The number of hydrogen-bond donors (Lipinski definition) is 1. The molecule has 0 bridgehead atoms. The average molecular weight is 332 g/mol. The highest BCUT2D eigenvalue weighted by Crippen LogP contribution is 2.29. The molecular formula is C15H12N2O3S2. The summed E-state index contributed by atoms with van der Waals surface area (Å²) in [5.41, 5.74) is 1.02. The van der Waals surface area contributed by atoms with Gasteiger partial charge in [-0.1, -0.05) is 11.8 Å². The molecule has 5 nitrogen and oxygen atoms in total. The number of aromatic nitrogens is 2. The molecule has 3 rings (SSSR count). The van der Waals surface area contributed by atoms with E-state index in [1.807, 2.05) is 35.0 Å².